The molecule has 0 aromatic carbocycles. The van der Waals surface area contributed by atoms with E-state index in [1.165, 1.54) is 6.07 Å². The largest absolute Gasteiger partial charge is 0.450 e. The number of ether oxygens (including phenoxy) is 1. The summed E-state index contributed by atoms with van der Waals surface area (Å²) in [6, 6.07) is 3.14. The van der Waals surface area contributed by atoms with Crippen LogP contribution in [0.3, 0.4) is 0 Å². The summed E-state index contributed by atoms with van der Waals surface area (Å²) in [5.74, 6) is 0. The fourth-order valence-corrected chi connectivity index (χ4v) is 2.89. The van der Waals surface area contributed by atoms with Gasteiger partial charge in [-0.2, -0.15) is 0 Å². The van der Waals surface area contributed by atoms with E-state index in [1.54, 1.807) is 13.0 Å². The number of hydrogen-bond acceptors (Lipinski definition) is 5. The smallest absolute Gasteiger partial charge is 0.407 e. The summed E-state index contributed by atoms with van der Waals surface area (Å²) < 4.78 is 26.8. The molecule has 0 spiro atoms. The van der Waals surface area contributed by atoms with Crippen LogP contribution in [0.5, 0.6) is 0 Å². The normalized spacial score (nSPS) is 11.2. The Morgan fingerprint density at radius 2 is 2.24 bits per heavy atom. The number of amides is 1. The van der Waals surface area contributed by atoms with Crippen LogP contribution in [0.4, 0.5) is 4.79 Å². The maximum absolute atomic E-state index is 11.0. The van der Waals surface area contributed by atoms with E-state index in [-0.39, 0.29) is 4.21 Å². The number of nitrogens with two attached hydrogens (primary N) is 1. The molecule has 1 amide bonds. The Balaban J connectivity index is 2.43. The monoisotopic (exact) mass is 278 g/mol. The van der Waals surface area contributed by atoms with Crippen LogP contribution in [0.25, 0.3) is 0 Å². The van der Waals surface area contributed by atoms with Crippen LogP contribution in [0, 0.1) is 0 Å². The van der Waals surface area contributed by atoms with Crippen molar-refractivity contribution in [2.24, 2.45) is 5.14 Å². The van der Waals surface area contributed by atoms with Gasteiger partial charge in [0.15, 0.2) is 0 Å². The Labute approximate surface area is 104 Å². The minimum absolute atomic E-state index is 0.128. The fraction of sp³-hybridized carbons (Fsp3) is 0.444. The van der Waals surface area contributed by atoms with E-state index in [2.05, 4.69) is 10.1 Å². The third kappa shape index (κ3) is 4.72. The first-order chi connectivity index (χ1) is 7.93. The van der Waals surface area contributed by atoms with Crippen LogP contribution < -0.4 is 10.5 Å². The van der Waals surface area contributed by atoms with Gasteiger partial charge in [0, 0.05) is 11.4 Å². The van der Waals surface area contributed by atoms with Gasteiger partial charge in [0.1, 0.15) is 4.21 Å². The molecule has 0 aliphatic heterocycles. The summed E-state index contributed by atoms with van der Waals surface area (Å²) in [6.45, 7) is 2.43. The van der Waals surface area contributed by atoms with Gasteiger partial charge in [-0.3, -0.25) is 0 Å². The molecule has 1 aromatic heterocycles. The summed E-state index contributed by atoms with van der Waals surface area (Å²) in [4.78, 5) is 11.8. The van der Waals surface area contributed by atoms with Crippen molar-refractivity contribution in [1.82, 2.24) is 5.32 Å². The van der Waals surface area contributed by atoms with Crippen molar-refractivity contribution in [1.29, 1.82) is 0 Å². The summed E-state index contributed by atoms with van der Waals surface area (Å²) in [6.07, 6.45) is 0.0645. The number of alkyl carbamates (subject to hydrolysis) is 1. The molecule has 1 rings (SSSR count). The lowest BCUT2D eigenvalue weighted by Gasteiger charge is -2.03. The lowest BCUT2D eigenvalue weighted by molar-refractivity contribution is 0.152. The van der Waals surface area contributed by atoms with Crippen molar-refractivity contribution in [3.63, 3.8) is 0 Å². The first-order valence-electron chi connectivity index (χ1n) is 4.95. The van der Waals surface area contributed by atoms with Gasteiger partial charge in [0.25, 0.3) is 0 Å². The van der Waals surface area contributed by atoms with Gasteiger partial charge in [-0.1, -0.05) is 0 Å². The van der Waals surface area contributed by atoms with Crippen LogP contribution in [0.2, 0.25) is 0 Å². The molecule has 0 atom stereocenters. The Hall–Kier alpha value is -1.12. The van der Waals surface area contributed by atoms with Crippen LogP contribution in [-0.4, -0.2) is 27.7 Å². The highest BCUT2D eigenvalue weighted by Gasteiger charge is 2.11. The molecule has 17 heavy (non-hydrogen) atoms. The second-order valence-electron chi connectivity index (χ2n) is 3.16. The topological polar surface area (TPSA) is 98.5 Å². The van der Waals surface area contributed by atoms with Crippen molar-refractivity contribution >= 4 is 27.5 Å². The van der Waals surface area contributed by atoms with E-state index >= 15 is 0 Å². The lowest BCUT2D eigenvalue weighted by Crippen LogP contribution is -2.26. The summed E-state index contributed by atoms with van der Waals surface area (Å²) in [5.41, 5.74) is 0. The van der Waals surface area contributed by atoms with Crippen molar-refractivity contribution in [2.75, 3.05) is 13.2 Å². The fourth-order valence-electron chi connectivity index (χ4n) is 1.12. The number of carbonyl (C=O) groups excluding carboxylic acids is 1. The van der Waals surface area contributed by atoms with Gasteiger partial charge in [-0.05, 0) is 25.5 Å². The number of rotatable bonds is 5. The predicted molar refractivity (Wildman–Crippen MR) is 64.4 cm³/mol. The standard InChI is InChI=1S/C9H14N2O4S2/c1-2-15-9(12)11-6-5-7-3-4-8(16-7)17(10,13)14/h3-4H,2,5-6H2,1H3,(H,11,12)(H2,10,13,14). The molecular weight excluding hydrogens is 264 g/mol. The minimum Gasteiger partial charge on any atom is -0.450 e. The van der Waals surface area contributed by atoms with E-state index in [0.29, 0.717) is 19.6 Å². The highest BCUT2D eigenvalue weighted by Crippen LogP contribution is 2.20. The highest BCUT2D eigenvalue weighted by molar-refractivity contribution is 7.91. The zero-order valence-corrected chi connectivity index (χ0v) is 10.9. The van der Waals surface area contributed by atoms with Gasteiger partial charge >= 0.3 is 6.09 Å². The number of hydrogen-bond donors (Lipinski definition) is 2. The van der Waals surface area contributed by atoms with E-state index in [4.69, 9.17) is 5.14 Å². The molecule has 3 N–H and O–H groups in total. The minimum atomic E-state index is -3.63. The molecular formula is C9H14N2O4S2. The van der Waals surface area contributed by atoms with Gasteiger partial charge in [-0.25, -0.2) is 18.4 Å². The average Bonchev–Trinajstić information content (AvgIpc) is 2.66. The average molecular weight is 278 g/mol. The van der Waals surface area contributed by atoms with Gasteiger partial charge in [0.2, 0.25) is 10.0 Å². The van der Waals surface area contributed by atoms with E-state index in [9.17, 15) is 13.2 Å². The molecule has 0 bridgehead atoms. The lowest BCUT2D eigenvalue weighted by atomic mass is 10.3. The van der Waals surface area contributed by atoms with Crippen molar-refractivity contribution in [3.8, 4) is 0 Å². The molecule has 0 aliphatic carbocycles. The van der Waals surface area contributed by atoms with E-state index in [0.717, 1.165) is 16.2 Å². The second kappa shape index (κ2) is 5.99. The second-order valence-corrected chi connectivity index (χ2v) is 6.12. The van der Waals surface area contributed by atoms with Crippen LogP contribution in [0.1, 0.15) is 11.8 Å². The summed E-state index contributed by atoms with van der Waals surface area (Å²) in [5, 5.41) is 7.52. The van der Waals surface area contributed by atoms with Crippen LogP contribution >= 0.6 is 11.3 Å². The molecule has 0 fully saturated rings. The third-order valence-electron chi connectivity index (χ3n) is 1.83. The Bertz CT molecular complexity index is 481. The number of primary sulfonamides is 1. The molecule has 1 heterocycles. The van der Waals surface area contributed by atoms with Gasteiger partial charge < -0.3 is 10.1 Å². The zero-order chi connectivity index (χ0) is 12.9. The van der Waals surface area contributed by atoms with Crippen LogP contribution in [0.15, 0.2) is 16.3 Å². The predicted octanol–water partition coefficient (Wildman–Crippen LogP) is 0.684. The van der Waals surface area contributed by atoms with Crippen LogP contribution in [-0.2, 0) is 21.2 Å². The molecule has 1 aromatic rings. The molecule has 96 valence electrons. The summed E-state index contributed by atoms with van der Waals surface area (Å²) >= 11 is 1.10. The number of sulfonamides is 1. The Morgan fingerprint density at radius 1 is 1.53 bits per heavy atom. The Morgan fingerprint density at radius 3 is 2.76 bits per heavy atom. The maximum Gasteiger partial charge on any atom is 0.407 e. The van der Waals surface area contributed by atoms with Gasteiger partial charge in [-0.15, -0.1) is 11.3 Å². The first kappa shape index (κ1) is 13.9. The highest BCUT2D eigenvalue weighted by atomic mass is 32.2. The molecule has 8 heteroatoms. The Kier molecular flexibility index (Phi) is 4.91. The molecule has 0 unspecified atom stereocenters. The van der Waals surface area contributed by atoms with E-state index in [1.807, 2.05) is 0 Å². The quantitative estimate of drug-likeness (QED) is 0.827. The third-order valence-corrected chi connectivity index (χ3v) is 4.42. The molecule has 0 saturated heterocycles. The number of nitrogens with one attached hydrogen (secondary N) is 1. The molecule has 0 saturated carbocycles. The van der Waals surface area contributed by atoms with Crippen molar-refractivity contribution < 1.29 is 17.9 Å². The zero-order valence-electron chi connectivity index (χ0n) is 9.30. The summed E-state index contributed by atoms with van der Waals surface area (Å²) in [7, 11) is -3.63. The number of thiophene rings is 1. The SMILES string of the molecule is CCOC(=O)NCCc1ccc(S(N)(=O)=O)s1. The van der Waals surface area contributed by atoms with Gasteiger partial charge in [0.05, 0.1) is 6.61 Å². The first-order valence-corrected chi connectivity index (χ1v) is 7.32. The molecule has 0 aliphatic rings. The van der Waals surface area contributed by atoms with E-state index < -0.39 is 16.1 Å². The van der Waals surface area contributed by atoms with Crippen molar-refractivity contribution in [2.45, 2.75) is 17.6 Å². The maximum atomic E-state index is 11.0. The van der Waals surface area contributed by atoms with Crippen molar-refractivity contribution in [3.05, 3.63) is 17.0 Å². The molecule has 0 radical (unpaired) electrons. The number of carbonyl (C=O) groups is 1. The molecule has 6 nitrogen and oxygen atoms in total.